The number of piperidine rings is 1. The smallest absolute Gasteiger partial charge is 0.311 e. The Morgan fingerprint density at radius 1 is 1.27 bits per heavy atom. The van der Waals surface area contributed by atoms with Gasteiger partial charge in [-0.3, -0.25) is 9.59 Å². The van der Waals surface area contributed by atoms with Gasteiger partial charge in [0.2, 0.25) is 0 Å². The molecule has 1 aromatic heterocycles. The number of hydrogen-bond acceptors (Lipinski definition) is 2. The summed E-state index contributed by atoms with van der Waals surface area (Å²) in [5.41, 5.74) is 1.81. The Labute approximate surface area is 153 Å². The molecule has 0 bridgehead atoms. The van der Waals surface area contributed by atoms with Crippen molar-refractivity contribution in [3.8, 4) is 0 Å². The minimum absolute atomic E-state index is 0.0915. The molecule has 1 N–H and O–H groups in total. The third-order valence-corrected chi connectivity index (χ3v) is 5.39. The van der Waals surface area contributed by atoms with Gasteiger partial charge in [-0.25, -0.2) is 0 Å². The minimum atomic E-state index is -0.893. The molecule has 3 rings (SSSR count). The Morgan fingerprint density at radius 3 is 2.65 bits per heavy atom. The molecule has 1 atom stereocenters. The van der Waals surface area contributed by atoms with Gasteiger partial charge in [0.1, 0.15) is 5.69 Å². The molecule has 1 amide bonds. The zero-order valence-electron chi connectivity index (χ0n) is 15.7. The van der Waals surface area contributed by atoms with E-state index in [1.165, 1.54) is 0 Å². The summed E-state index contributed by atoms with van der Waals surface area (Å²) >= 11 is 0. The average molecular weight is 354 g/mol. The molecule has 0 spiro atoms. The first-order chi connectivity index (χ1) is 12.3. The fourth-order valence-corrected chi connectivity index (χ4v) is 3.79. The summed E-state index contributed by atoms with van der Waals surface area (Å²) in [6.07, 6.45) is 3.74. The summed E-state index contributed by atoms with van der Waals surface area (Å²) in [5, 5.41) is 10.9. The van der Waals surface area contributed by atoms with Crippen LogP contribution in [-0.2, 0) is 11.8 Å². The number of allylic oxidation sites excluding steroid dienone is 2. The molecule has 1 aromatic carbocycles. The number of aryl methyl sites for hydroxylation is 1. The zero-order chi connectivity index (χ0) is 18.9. The van der Waals surface area contributed by atoms with Crippen LogP contribution in [0, 0.1) is 5.41 Å². The van der Waals surface area contributed by atoms with Crippen molar-refractivity contribution in [1.29, 1.82) is 0 Å². The van der Waals surface area contributed by atoms with Gasteiger partial charge in [-0.1, -0.05) is 29.8 Å². The maximum absolute atomic E-state index is 13.1. The van der Waals surface area contributed by atoms with Crippen molar-refractivity contribution in [2.24, 2.45) is 12.5 Å². The quantitative estimate of drug-likeness (QED) is 0.849. The van der Waals surface area contributed by atoms with Crippen LogP contribution in [0.4, 0.5) is 0 Å². The zero-order valence-corrected chi connectivity index (χ0v) is 15.7. The standard InChI is InChI=1S/C21H26N2O3/c1-15(2)9-11-21(20(25)26)10-6-12-23(14-21)19(24)18-13-16-7-4-5-8-17(16)22(18)3/h4-5,7-9,13H,6,10-12,14H2,1-3H3,(H,25,26)/t21-/m1/s1. The Morgan fingerprint density at radius 2 is 2.00 bits per heavy atom. The van der Waals surface area contributed by atoms with Crippen LogP contribution in [0.3, 0.4) is 0 Å². The molecular formula is C21H26N2O3. The van der Waals surface area contributed by atoms with E-state index in [1.807, 2.05) is 61.9 Å². The van der Waals surface area contributed by atoms with Gasteiger partial charge in [0.05, 0.1) is 5.41 Å². The first-order valence-corrected chi connectivity index (χ1v) is 9.04. The van der Waals surface area contributed by atoms with Crippen LogP contribution in [0.1, 0.15) is 43.6 Å². The molecular weight excluding hydrogens is 328 g/mol. The number of hydrogen-bond donors (Lipinski definition) is 1. The van der Waals surface area contributed by atoms with Crippen molar-refractivity contribution in [3.05, 3.63) is 47.7 Å². The van der Waals surface area contributed by atoms with E-state index in [0.717, 1.165) is 16.5 Å². The van der Waals surface area contributed by atoms with Gasteiger partial charge >= 0.3 is 5.97 Å². The van der Waals surface area contributed by atoms with Crippen LogP contribution in [0.15, 0.2) is 42.0 Å². The van der Waals surface area contributed by atoms with Crippen LogP contribution in [0.25, 0.3) is 10.9 Å². The SMILES string of the molecule is CC(C)=CC[C@]1(C(=O)O)CCCN(C(=O)c2cc3ccccc3n2C)C1. The van der Waals surface area contributed by atoms with Crippen molar-refractivity contribution in [2.45, 2.75) is 33.1 Å². The molecule has 2 aromatic rings. The third-order valence-electron chi connectivity index (χ3n) is 5.39. The minimum Gasteiger partial charge on any atom is -0.481 e. The normalized spacial score (nSPS) is 20.2. The van der Waals surface area contributed by atoms with Crippen LogP contribution in [-0.4, -0.2) is 39.5 Å². The van der Waals surface area contributed by atoms with E-state index in [4.69, 9.17) is 0 Å². The number of aliphatic carboxylic acids is 1. The second-order valence-corrected chi connectivity index (χ2v) is 7.55. The molecule has 1 aliphatic rings. The number of carboxylic acid groups (broad SMARTS) is 1. The molecule has 0 aliphatic carbocycles. The largest absolute Gasteiger partial charge is 0.481 e. The van der Waals surface area contributed by atoms with E-state index in [0.29, 0.717) is 31.5 Å². The molecule has 5 heteroatoms. The van der Waals surface area contributed by atoms with Gasteiger partial charge in [-0.2, -0.15) is 0 Å². The van der Waals surface area contributed by atoms with Gasteiger partial charge < -0.3 is 14.6 Å². The van der Waals surface area contributed by atoms with Crippen LogP contribution < -0.4 is 0 Å². The Kier molecular flexibility index (Phi) is 4.90. The molecule has 0 radical (unpaired) electrons. The van der Waals surface area contributed by atoms with Gasteiger partial charge in [0, 0.05) is 31.0 Å². The highest BCUT2D eigenvalue weighted by Gasteiger charge is 2.43. The highest BCUT2D eigenvalue weighted by atomic mass is 16.4. The second kappa shape index (κ2) is 6.98. The lowest BCUT2D eigenvalue weighted by Gasteiger charge is -2.39. The summed E-state index contributed by atoms with van der Waals surface area (Å²) < 4.78 is 1.89. The summed E-state index contributed by atoms with van der Waals surface area (Å²) in [7, 11) is 1.88. The number of carbonyl (C=O) groups excluding carboxylic acids is 1. The van der Waals surface area contributed by atoms with E-state index in [-0.39, 0.29) is 12.5 Å². The van der Waals surface area contributed by atoms with E-state index in [1.54, 1.807) is 4.90 Å². The van der Waals surface area contributed by atoms with Gasteiger partial charge in [0.25, 0.3) is 5.91 Å². The number of amides is 1. The second-order valence-electron chi connectivity index (χ2n) is 7.55. The fourth-order valence-electron chi connectivity index (χ4n) is 3.79. The topological polar surface area (TPSA) is 62.5 Å². The van der Waals surface area contributed by atoms with E-state index >= 15 is 0 Å². The Balaban J connectivity index is 1.90. The number of carboxylic acids is 1. The first-order valence-electron chi connectivity index (χ1n) is 9.04. The molecule has 1 saturated heterocycles. The van der Waals surface area contributed by atoms with Gasteiger partial charge in [-0.15, -0.1) is 0 Å². The molecule has 0 unspecified atom stereocenters. The fraction of sp³-hybridized carbons (Fsp3) is 0.429. The van der Waals surface area contributed by atoms with E-state index < -0.39 is 11.4 Å². The van der Waals surface area contributed by atoms with Crippen molar-refractivity contribution in [2.75, 3.05) is 13.1 Å². The van der Waals surface area contributed by atoms with Crippen molar-refractivity contribution >= 4 is 22.8 Å². The maximum atomic E-state index is 13.1. The van der Waals surface area contributed by atoms with Crippen LogP contribution in [0.5, 0.6) is 0 Å². The molecule has 138 valence electrons. The monoisotopic (exact) mass is 354 g/mol. The molecule has 2 heterocycles. The number of rotatable bonds is 4. The lowest BCUT2D eigenvalue weighted by atomic mass is 9.76. The van der Waals surface area contributed by atoms with Crippen molar-refractivity contribution in [3.63, 3.8) is 0 Å². The maximum Gasteiger partial charge on any atom is 0.311 e. The summed E-state index contributed by atoms with van der Waals surface area (Å²) in [6.45, 7) is 4.80. The van der Waals surface area contributed by atoms with Gasteiger partial charge in [0.15, 0.2) is 0 Å². The third kappa shape index (κ3) is 3.26. The number of nitrogens with zero attached hydrogens (tertiary/aromatic N) is 2. The predicted molar refractivity (Wildman–Crippen MR) is 102 cm³/mol. The molecule has 1 fully saturated rings. The Bertz CT molecular complexity index is 877. The van der Waals surface area contributed by atoms with Crippen molar-refractivity contribution in [1.82, 2.24) is 9.47 Å². The van der Waals surface area contributed by atoms with Crippen molar-refractivity contribution < 1.29 is 14.7 Å². The summed E-state index contributed by atoms with van der Waals surface area (Å²) in [5.74, 6) is -0.907. The number of para-hydroxylation sites is 1. The van der Waals surface area contributed by atoms with Crippen LogP contribution in [0.2, 0.25) is 0 Å². The highest BCUT2D eigenvalue weighted by molar-refractivity contribution is 5.99. The summed E-state index contributed by atoms with van der Waals surface area (Å²) in [6, 6.07) is 9.76. The average Bonchev–Trinajstić information content (AvgIpc) is 2.96. The van der Waals surface area contributed by atoms with Gasteiger partial charge in [-0.05, 0) is 45.2 Å². The molecule has 5 nitrogen and oxygen atoms in total. The lowest BCUT2D eigenvalue weighted by Crippen LogP contribution is -2.50. The predicted octanol–water partition coefficient (Wildman–Crippen LogP) is 3.84. The molecule has 1 aliphatic heterocycles. The lowest BCUT2D eigenvalue weighted by molar-refractivity contribution is -0.151. The number of fused-ring (bicyclic) bond motifs is 1. The molecule has 26 heavy (non-hydrogen) atoms. The number of likely N-dealkylation sites (tertiary alicyclic amines) is 1. The number of aromatic nitrogens is 1. The number of benzene rings is 1. The molecule has 0 saturated carbocycles. The van der Waals surface area contributed by atoms with Crippen LogP contribution >= 0.6 is 0 Å². The van der Waals surface area contributed by atoms with E-state index in [2.05, 4.69) is 0 Å². The van der Waals surface area contributed by atoms with E-state index in [9.17, 15) is 14.7 Å². The first kappa shape index (κ1) is 18.2. The number of carbonyl (C=O) groups is 2. The summed E-state index contributed by atoms with van der Waals surface area (Å²) in [4.78, 5) is 26.9. The highest BCUT2D eigenvalue weighted by Crippen LogP contribution is 2.35. The Hall–Kier alpha value is -2.56.